The first-order chi connectivity index (χ1) is 8.67. The molecule has 0 bridgehead atoms. The van der Waals surface area contributed by atoms with Gasteiger partial charge in [-0.2, -0.15) is 0 Å². The fourth-order valence-corrected chi connectivity index (χ4v) is 3.03. The summed E-state index contributed by atoms with van der Waals surface area (Å²) in [4.78, 5) is 0. The van der Waals surface area contributed by atoms with Crippen molar-refractivity contribution in [2.45, 2.75) is 32.2 Å². The van der Waals surface area contributed by atoms with E-state index in [1.165, 1.54) is 18.4 Å². The second kappa shape index (κ2) is 5.93. The van der Waals surface area contributed by atoms with E-state index < -0.39 is 0 Å². The smallest absolute Gasteiger partial charge is 0.165 e. The van der Waals surface area contributed by atoms with Crippen LogP contribution >= 0.6 is 15.9 Å². The highest BCUT2D eigenvalue weighted by molar-refractivity contribution is 9.10. The van der Waals surface area contributed by atoms with E-state index in [-0.39, 0.29) is 0 Å². The second-order valence-corrected chi connectivity index (χ2v) is 5.56. The highest BCUT2D eigenvalue weighted by Gasteiger charge is 2.21. The average molecular weight is 314 g/mol. The molecular weight excluding hydrogens is 294 g/mol. The van der Waals surface area contributed by atoms with Crippen LogP contribution in [0.4, 0.5) is 0 Å². The van der Waals surface area contributed by atoms with Gasteiger partial charge in [-0.15, -0.1) is 0 Å². The summed E-state index contributed by atoms with van der Waals surface area (Å²) in [6.45, 7) is 3.15. The predicted octanol–water partition coefficient (Wildman–Crippen LogP) is 3.07. The van der Waals surface area contributed by atoms with Crippen LogP contribution in [0.15, 0.2) is 10.5 Å². The van der Waals surface area contributed by atoms with Crippen LogP contribution in [0, 0.1) is 6.92 Å². The molecule has 100 valence electrons. The normalized spacial score (nSPS) is 19.0. The van der Waals surface area contributed by atoms with Crippen molar-refractivity contribution in [3.63, 3.8) is 0 Å². The molecule has 1 saturated heterocycles. The Labute approximate surface area is 117 Å². The number of benzene rings is 1. The molecule has 1 aliphatic heterocycles. The number of ether oxygens (including phenoxy) is 2. The fourth-order valence-electron chi connectivity index (χ4n) is 2.57. The zero-order valence-corrected chi connectivity index (χ0v) is 12.8. The third-order valence-corrected chi connectivity index (χ3v) is 4.36. The van der Waals surface area contributed by atoms with Gasteiger partial charge in [-0.05, 0) is 38.8 Å². The lowest BCUT2D eigenvalue weighted by Crippen LogP contribution is -2.24. The topological polar surface area (TPSA) is 30.5 Å². The van der Waals surface area contributed by atoms with Crippen LogP contribution < -0.4 is 14.8 Å². The number of hydrogen-bond acceptors (Lipinski definition) is 3. The summed E-state index contributed by atoms with van der Waals surface area (Å²) in [5, 5.41) is 3.52. The number of rotatable bonds is 4. The molecule has 1 fully saturated rings. The maximum Gasteiger partial charge on any atom is 0.165 e. The first kappa shape index (κ1) is 13.7. The van der Waals surface area contributed by atoms with Crippen LogP contribution in [0.1, 0.15) is 24.0 Å². The number of halogens is 1. The molecule has 1 atom stereocenters. The van der Waals surface area contributed by atoms with E-state index in [0.717, 1.165) is 34.5 Å². The molecule has 0 amide bonds. The van der Waals surface area contributed by atoms with Crippen molar-refractivity contribution in [1.29, 1.82) is 0 Å². The molecule has 0 saturated carbocycles. The van der Waals surface area contributed by atoms with Crippen molar-refractivity contribution in [3.05, 3.63) is 21.7 Å². The summed E-state index contributed by atoms with van der Waals surface area (Å²) >= 11 is 3.59. The molecule has 3 nitrogen and oxygen atoms in total. The Bertz CT molecular complexity index is 428. The van der Waals surface area contributed by atoms with Gasteiger partial charge in [0.2, 0.25) is 0 Å². The van der Waals surface area contributed by atoms with E-state index in [1.807, 2.05) is 6.92 Å². The van der Waals surface area contributed by atoms with Gasteiger partial charge in [0.1, 0.15) is 0 Å². The fraction of sp³-hybridized carbons (Fsp3) is 0.571. The summed E-state index contributed by atoms with van der Waals surface area (Å²) in [7, 11) is 3.39. The minimum atomic E-state index is 0.554. The van der Waals surface area contributed by atoms with Crippen LogP contribution in [0.25, 0.3) is 0 Å². The molecule has 1 heterocycles. The zero-order valence-electron chi connectivity index (χ0n) is 11.2. The van der Waals surface area contributed by atoms with Gasteiger partial charge in [0.15, 0.2) is 11.5 Å². The van der Waals surface area contributed by atoms with Crippen molar-refractivity contribution >= 4 is 15.9 Å². The van der Waals surface area contributed by atoms with E-state index >= 15 is 0 Å². The van der Waals surface area contributed by atoms with Crippen molar-refractivity contribution in [1.82, 2.24) is 5.32 Å². The molecule has 4 heteroatoms. The highest BCUT2D eigenvalue weighted by Crippen LogP contribution is 2.39. The van der Waals surface area contributed by atoms with Gasteiger partial charge in [0, 0.05) is 21.6 Å². The largest absolute Gasteiger partial charge is 0.493 e. The van der Waals surface area contributed by atoms with Crippen LogP contribution in [0.5, 0.6) is 11.5 Å². The van der Waals surface area contributed by atoms with Gasteiger partial charge in [-0.1, -0.05) is 15.9 Å². The summed E-state index contributed by atoms with van der Waals surface area (Å²) in [6.07, 6.45) is 3.48. The SMILES string of the molecule is COc1c(CC2CCCN2)cc(Br)c(C)c1OC. The second-order valence-electron chi connectivity index (χ2n) is 4.71. The molecule has 1 aromatic rings. The minimum Gasteiger partial charge on any atom is -0.493 e. The molecule has 0 aromatic heterocycles. The summed E-state index contributed by atoms with van der Waals surface area (Å²) < 4.78 is 12.1. The number of hydrogen-bond donors (Lipinski definition) is 1. The summed E-state index contributed by atoms with van der Waals surface area (Å²) in [5.41, 5.74) is 2.28. The highest BCUT2D eigenvalue weighted by atomic mass is 79.9. The first-order valence-electron chi connectivity index (χ1n) is 6.30. The van der Waals surface area contributed by atoms with Gasteiger partial charge in [0.05, 0.1) is 14.2 Å². The van der Waals surface area contributed by atoms with E-state index in [4.69, 9.17) is 9.47 Å². The Kier molecular flexibility index (Phi) is 4.51. The van der Waals surface area contributed by atoms with Gasteiger partial charge < -0.3 is 14.8 Å². The number of methoxy groups -OCH3 is 2. The monoisotopic (exact) mass is 313 g/mol. The van der Waals surface area contributed by atoms with E-state index in [1.54, 1.807) is 14.2 Å². The maximum atomic E-state index is 5.54. The van der Waals surface area contributed by atoms with E-state index in [0.29, 0.717) is 6.04 Å². The molecule has 0 aliphatic carbocycles. The average Bonchev–Trinajstić information content (AvgIpc) is 2.86. The van der Waals surface area contributed by atoms with Gasteiger partial charge in [-0.3, -0.25) is 0 Å². The van der Waals surface area contributed by atoms with Crippen LogP contribution in [-0.4, -0.2) is 26.8 Å². The third kappa shape index (κ3) is 2.64. The van der Waals surface area contributed by atoms with Crippen molar-refractivity contribution in [3.8, 4) is 11.5 Å². The lowest BCUT2D eigenvalue weighted by Gasteiger charge is -2.18. The van der Waals surface area contributed by atoms with Crippen LogP contribution in [0.3, 0.4) is 0 Å². The van der Waals surface area contributed by atoms with Crippen molar-refractivity contribution in [2.75, 3.05) is 20.8 Å². The first-order valence-corrected chi connectivity index (χ1v) is 7.10. The molecule has 1 N–H and O–H groups in total. The van der Waals surface area contributed by atoms with Crippen molar-refractivity contribution in [2.24, 2.45) is 0 Å². The Morgan fingerprint density at radius 2 is 2.06 bits per heavy atom. The molecule has 1 aromatic carbocycles. The van der Waals surface area contributed by atoms with E-state index in [2.05, 4.69) is 27.3 Å². The Morgan fingerprint density at radius 1 is 1.33 bits per heavy atom. The van der Waals surface area contributed by atoms with Crippen LogP contribution in [-0.2, 0) is 6.42 Å². The quantitative estimate of drug-likeness (QED) is 0.926. The van der Waals surface area contributed by atoms with Gasteiger partial charge >= 0.3 is 0 Å². The third-order valence-electron chi connectivity index (χ3n) is 3.53. The minimum absolute atomic E-state index is 0.554. The molecule has 0 radical (unpaired) electrons. The maximum absolute atomic E-state index is 5.54. The lowest BCUT2D eigenvalue weighted by molar-refractivity contribution is 0.348. The lowest BCUT2D eigenvalue weighted by atomic mass is 10.0. The van der Waals surface area contributed by atoms with Gasteiger partial charge in [-0.25, -0.2) is 0 Å². The Morgan fingerprint density at radius 3 is 2.61 bits per heavy atom. The van der Waals surface area contributed by atoms with Crippen LogP contribution in [0.2, 0.25) is 0 Å². The molecule has 1 unspecified atom stereocenters. The molecular formula is C14H20BrNO2. The molecule has 0 spiro atoms. The van der Waals surface area contributed by atoms with Crippen molar-refractivity contribution < 1.29 is 9.47 Å². The van der Waals surface area contributed by atoms with Gasteiger partial charge in [0.25, 0.3) is 0 Å². The Hall–Kier alpha value is -0.740. The Balaban J connectivity index is 2.35. The predicted molar refractivity (Wildman–Crippen MR) is 76.7 cm³/mol. The summed E-state index contributed by atoms with van der Waals surface area (Å²) in [6, 6.07) is 2.70. The molecule has 18 heavy (non-hydrogen) atoms. The molecule has 1 aliphatic rings. The summed E-state index contributed by atoms with van der Waals surface area (Å²) in [5.74, 6) is 1.70. The number of nitrogens with one attached hydrogen (secondary N) is 1. The standard InChI is InChI=1S/C14H20BrNO2/c1-9-12(15)8-10(7-11-5-4-6-16-11)14(18-3)13(9)17-2/h8,11,16H,4-7H2,1-3H3. The molecule has 2 rings (SSSR count). The van der Waals surface area contributed by atoms with E-state index in [9.17, 15) is 0 Å². The zero-order chi connectivity index (χ0) is 13.1.